The molecular weight excluding hydrogens is 274 g/mol. The lowest BCUT2D eigenvalue weighted by molar-refractivity contribution is 0.0999. The summed E-state index contributed by atoms with van der Waals surface area (Å²) in [4.78, 5) is 12.4. The van der Waals surface area contributed by atoms with Crippen LogP contribution in [0.25, 0.3) is 16.4 Å². The third kappa shape index (κ3) is 1.97. The number of carbonyl (C=O) groups excluding carboxylic acids is 1. The summed E-state index contributed by atoms with van der Waals surface area (Å²) in [5, 5.41) is 13.7. The van der Waals surface area contributed by atoms with Crippen molar-refractivity contribution >= 4 is 17.2 Å². The summed E-state index contributed by atoms with van der Waals surface area (Å²) in [6.07, 6.45) is 0. The number of hydrogen-bond donors (Lipinski definition) is 1. The molecule has 0 aliphatic heterocycles. The number of amides is 1. The van der Waals surface area contributed by atoms with Gasteiger partial charge >= 0.3 is 0 Å². The molecule has 1 amide bonds. The molecule has 1 aromatic carbocycles. The van der Waals surface area contributed by atoms with E-state index in [4.69, 9.17) is 5.73 Å². The first kappa shape index (κ1) is 12.5. The Labute approximate surface area is 118 Å². The van der Waals surface area contributed by atoms with E-state index in [1.54, 1.807) is 28.2 Å². The molecular formula is C13H11N5OS. The molecule has 0 fully saturated rings. The van der Waals surface area contributed by atoms with E-state index in [2.05, 4.69) is 15.5 Å². The summed E-state index contributed by atoms with van der Waals surface area (Å²) in [6.45, 7) is 1.83. The number of nitrogens with two attached hydrogens (primary N) is 1. The van der Waals surface area contributed by atoms with Gasteiger partial charge in [-0.1, -0.05) is 12.1 Å². The molecule has 0 radical (unpaired) electrons. The first-order chi connectivity index (χ1) is 9.68. The number of primary amides is 1. The predicted octanol–water partition coefficient (Wildman–Crippen LogP) is 1.80. The number of rotatable bonds is 3. The molecule has 6 nitrogen and oxygen atoms in total. The maximum Gasteiger partial charge on any atom is 0.249 e. The maximum absolute atomic E-state index is 11.4. The monoisotopic (exact) mass is 285 g/mol. The van der Waals surface area contributed by atoms with Crippen LogP contribution in [0.3, 0.4) is 0 Å². The van der Waals surface area contributed by atoms with Crippen molar-refractivity contribution in [2.24, 2.45) is 5.73 Å². The SMILES string of the molecule is Cc1c(C(N)=O)cccc1-n1nnnc1-c1cccs1. The van der Waals surface area contributed by atoms with E-state index in [1.165, 1.54) is 0 Å². The first-order valence-corrected chi connectivity index (χ1v) is 6.78. The average molecular weight is 285 g/mol. The number of aromatic nitrogens is 4. The lowest BCUT2D eigenvalue weighted by atomic mass is 10.1. The van der Waals surface area contributed by atoms with Gasteiger partial charge in [-0.05, 0) is 46.5 Å². The minimum Gasteiger partial charge on any atom is -0.366 e. The molecule has 0 unspecified atom stereocenters. The highest BCUT2D eigenvalue weighted by Gasteiger charge is 2.16. The van der Waals surface area contributed by atoms with Gasteiger partial charge in [0, 0.05) is 5.56 Å². The van der Waals surface area contributed by atoms with E-state index < -0.39 is 5.91 Å². The lowest BCUT2D eigenvalue weighted by Gasteiger charge is -2.09. The second kappa shape index (κ2) is 4.86. The van der Waals surface area contributed by atoms with Crippen molar-refractivity contribution in [3.05, 3.63) is 46.8 Å². The van der Waals surface area contributed by atoms with Crippen molar-refractivity contribution in [2.45, 2.75) is 6.92 Å². The van der Waals surface area contributed by atoms with Crippen molar-refractivity contribution < 1.29 is 4.79 Å². The molecule has 2 N–H and O–H groups in total. The molecule has 3 aromatic rings. The molecule has 7 heteroatoms. The molecule has 0 aliphatic rings. The minimum absolute atomic E-state index is 0.463. The van der Waals surface area contributed by atoms with E-state index in [-0.39, 0.29) is 0 Å². The van der Waals surface area contributed by atoms with Gasteiger partial charge in [-0.3, -0.25) is 4.79 Å². The summed E-state index contributed by atoms with van der Waals surface area (Å²) in [7, 11) is 0. The Balaban J connectivity index is 2.18. The van der Waals surface area contributed by atoms with Crippen molar-refractivity contribution in [3.63, 3.8) is 0 Å². The molecule has 0 bridgehead atoms. The molecule has 100 valence electrons. The summed E-state index contributed by atoms with van der Waals surface area (Å²) >= 11 is 1.55. The van der Waals surface area contributed by atoms with Crippen LogP contribution < -0.4 is 5.73 Å². The number of hydrogen-bond acceptors (Lipinski definition) is 5. The highest BCUT2D eigenvalue weighted by molar-refractivity contribution is 7.13. The zero-order chi connectivity index (χ0) is 14.1. The van der Waals surface area contributed by atoms with Crippen LogP contribution in [0.1, 0.15) is 15.9 Å². The second-order valence-electron chi connectivity index (χ2n) is 4.21. The molecule has 3 rings (SSSR count). The third-order valence-corrected chi connectivity index (χ3v) is 3.88. The van der Waals surface area contributed by atoms with Gasteiger partial charge in [-0.15, -0.1) is 16.4 Å². The Kier molecular flexibility index (Phi) is 3.03. The fraction of sp³-hybridized carbons (Fsp3) is 0.0769. The van der Waals surface area contributed by atoms with Gasteiger partial charge in [-0.25, -0.2) is 0 Å². The second-order valence-corrected chi connectivity index (χ2v) is 5.15. The molecule has 20 heavy (non-hydrogen) atoms. The van der Waals surface area contributed by atoms with Crippen LogP contribution >= 0.6 is 11.3 Å². The van der Waals surface area contributed by atoms with E-state index in [0.29, 0.717) is 11.4 Å². The van der Waals surface area contributed by atoms with Crippen molar-refractivity contribution in [1.82, 2.24) is 20.2 Å². The standard InChI is InChI=1S/C13H11N5OS/c1-8-9(12(14)19)4-2-5-10(8)18-13(15-16-17-18)11-6-3-7-20-11/h2-7H,1H3,(H2,14,19). The predicted molar refractivity (Wildman–Crippen MR) is 75.7 cm³/mol. The molecule has 0 spiro atoms. The average Bonchev–Trinajstić information content (AvgIpc) is 3.09. The topological polar surface area (TPSA) is 86.7 Å². The lowest BCUT2D eigenvalue weighted by Crippen LogP contribution is -2.14. The van der Waals surface area contributed by atoms with Gasteiger partial charge in [-0.2, -0.15) is 4.68 Å². The Hall–Kier alpha value is -2.54. The smallest absolute Gasteiger partial charge is 0.249 e. The van der Waals surface area contributed by atoms with Crippen LogP contribution in [0.5, 0.6) is 0 Å². The zero-order valence-corrected chi connectivity index (χ0v) is 11.5. The zero-order valence-electron chi connectivity index (χ0n) is 10.6. The summed E-state index contributed by atoms with van der Waals surface area (Å²) in [5.41, 5.74) is 7.34. The van der Waals surface area contributed by atoms with Crippen molar-refractivity contribution in [1.29, 1.82) is 0 Å². The number of carbonyl (C=O) groups is 1. The van der Waals surface area contributed by atoms with E-state index in [0.717, 1.165) is 16.1 Å². The fourth-order valence-corrected chi connectivity index (χ4v) is 2.72. The van der Waals surface area contributed by atoms with Crippen LogP contribution in [0, 0.1) is 6.92 Å². The minimum atomic E-state index is -0.463. The number of nitrogens with zero attached hydrogens (tertiary/aromatic N) is 4. The molecule has 0 saturated heterocycles. The highest BCUT2D eigenvalue weighted by Crippen LogP contribution is 2.26. The maximum atomic E-state index is 11.4. The Morgan fingerprint density at radius 3 is 2.85 bits per heavy atom. The summed E-state index contributed by atoms with van der Waals surface area (Å²) < 4.78 is 1.62. The Morgan fingerprint density at radius 1 is 1.30 bits per heavy atom. The van der Waals surface area contributed by atoms with E-state index in [9.17, 15) is 4.79 Å². The summed E-state index contributed by atoms with van der Waals surface area (Å²) in [5.74, 6) is 0.180. The van der Waals surface area contributed by atoms with Gasteiger partial charge in [0.1, 0.15) is 0 Å². The van der Waals surface area contributed by atoms with Crippen LogP contribution in [-0.4, -0.2) is 26.1 Å². The first-order valence-electron chi connectivity index (χ1n) is 5.90. The van der Waals surface area contributed by atoms with Gasteiger partial charge in [0.15, 0.2) is 5.82 Å². The molecule has 2 aromatic heterocycles. The summed E-state index contributed by atoms with van der Waals surface area (Å²) in [6, 6.07) is 9.19. The molecule has 2 heterocycles. The van der Waals surface area contributed by atoms with Crippen LogP contribution in [-0.2, 0) is 0 Å². The van der Waals surface area contributed by atoms with Gasteiger partial charge < -0.3 is 5.73 Å². The van der Waals surface area contributed by atoms with Crippen LogP contribution in [0.15, 0.2) is 35.7 Å². The van der Waals surface area contributed by atoms with E-state index >= 15 is 0 Å². The fourth-order valence-electron chi connectivity index (χ4n) is 2.03. The quantitative estimate of drug-likeness (QED) is 0.795. The van der Waals surface area contributed by atoms with E-state index in [1.807, 2.05) is 30.5 Å². The Morgan fingerprint density at radius 2 is 2.15 bits per heavy atom. The number of thiophene rings is 1. The molecule has 0 aliphatic carbocycles. The van der Waals surface area contributed by atoms with Gasteiger partial charge in [0.2, 0.25) is 5.91 Å². The van der Waals surface area contributed by atoms with Crippen LogP contribution in [0.2, 0.25) is 0 Å². The van der Waals surface area contributed by atoms with Gasteiger partial charge in [0.05, 0.1) is 10.6 Å². The normalized spacial score (nSPS) is 10.7. The Bertz CT molecular complexity index is 763. The van der Waals surface area contributed by atoms with Gasteiger partial charge in [0.25, 0.3) is 0 Å². The van der Waals surface area contributed by atoms with Crippen molar-refractivity contribution in [2.75, 3.05) is 0 Å². The number of benzene rings is 1. The van der Waals surface area contributed by atoms with Crippen molar-refractivity contribution in [3.8, 4) is 16.4 Å². The van der Waals surface area contributed by atoms with Crippen LogP contribution in [0.4, 0.5) is 0 Å². The third-order valence-electron chi connectivity index (χ3n) is 3.01. The number of tetrazole rings is 1. The molecule has 0 saturated carbocycles. The molecule has 0 atom stereocenters. The highest BCUT2D eigenvalue weighted by atomic mass is 32.1. The largest absolute Gasteiger partial charge is 0.366 e.